The minimum atomic E-state index is -4.95. The predicted molar refractivity (Wildman–Crippen MR) is 354 cm³/mol. The van der Waals surface area contributed by atoms with Crippen LogP contribution in [0.4, 0.5) is 0 Å². The molecule has 0 radical (unpaired) electrons. The second-order valence-electron chi connectivity index (χ2n) is 25.9. The van der Waals surface area contributed by atoms with E-state index in [1.807, 2.05) is 0 Å². The lowest BCUT2D eigenvalue weighted by Gasteiger charge is -2.21. The van der Waals surface area contributed by atoms with Gasteiger partial charge in [-0.3, -0.25) is 37.3 Å². The van der Waals surface area contributed by atoms with Crippen molar-refractivity contribution in [3.05, 3.63) is 0 Å². The minimum absolute atomic E-state index is 0.106. The summed E-state index contributed by atoms with van der Waals surface area (Å²) >= 11 is 0. The van der Waals surface area contributed by atoms with Crippen LogP contribution < -0.4 is 0 Å². The molecule has 0 aliphatic rings. The van der Waals surface area contributed by atoms with Gasteiger partial charge in [0.05, 0.1) is 26.4 Å². The molecular formula is C69H134O17P2. The molecule has 0 saturated carbocycles. The summed E-state index contributed by atoms with van der Waals surface area (Å²) < 4.78 is 68.0. The fraction of sp³-hybridized carbons (Fsp3) is 0.942. The highest BCUT2D eigenvalue weighted by molar-refractivity contribution is 7.47. The summed E-state index contributed by atoms with van der Waals surface area (Å²) in [5, 5.41) is 10.5. The van der Waals surface area contributed by atoms with Crippen molar-refractivity contribution >= 4 is 39.5 Å². The molecule has 0 amide bonds. The molecule has 19 heteroatoms. The smallest absolute Gasteiger partial charge is 0.462 e. The molecule has 0 aromatic carbocycles. The second kappa shape index (κ2) is 61.3. The number of carbonyl (C=O) groups is 4. The van der Waals surface area contributed by atoms with Crippen LogP contribution in [0.15, 0.2) is 0 Å². The lowest BCUT2D eigenvalue weighted by Crippen LogP contribution is -2.30. The van der Waals surface area contributed by atoms with Crippen molar-refractivity contribution < 1.29 is 80.2 Å². The molecule has 0 fully saturated rings. The van der Waals surface area contributed by atoms with Gasteiger partial charge in [0, 0.05) is 25.7 Å². The van der Waals surface area contributed by atoms with Gasteiger partial charge in [0.25, 0.3) is 0 Å². The Morgan fingerprint density at radius 1 is 0.307 bits per heavy atom. The van der Waals surface area contributed by atoms with Crippen molar-refractivity contribution in [1.82, 2.24) is 0 Å². The third-order valence-electron chi connectivity index (χ3n) is 16.0. The molecule has 0 spiro atoms. The first-order chi connectivity index (χ1) is 42.4. The maximum Gasteiger partial charge on any atom is 0.472 e. The summed E-state index contributed by atoms with van der Waals surface area (Å²) in [5.41, 5.74) is 0. The van der Waals surface area contributed by atoms with E-state index in [-0.39, 0.29) is 25.7 Å². The molecule has 0 aromatic heterocycles. The van der Waals surface area contributed by atoms with Crippen molar-refractivity contribution in [3.8, 4) is 0 Å². The maximum absolute atomic E-state index is 13.0. The Hall–Kier alpha value is -1.94. The SMILES string of the molecule is CCCCCCCCCCCCCC(=O)O[C@H](COC(=O)CCCCCCC)COP(=O)(O)OC[C@H](O)COP(=O)(O)OC[C@@H](COC(=O)CCCCCCCCCCC(C)C)OC(=O)CCCCCCCCCCCCCCCCCCCCC(C)C. The highest BCUT2D eigenvalue weighted by Gasteiger charge is 2.30. The number of ether oxygens (including phenoxy) is 4. The average Bonchev–Trinajstić information content (AvgIpc) is 3.65. The lowest BCUT2D eigenvalue weighted by atomic mass is 10.0. The first-order valence-corrected chi connectivity index (χ1v) is 39.0. The van der Waals surface area contributed by atoms with E-state index in [9.17, 15) is 43.2 Å². The van der Waals surface area contributed by atoms with Gasteiger partial charge in [0.1, 0.15) is 19.3 Å². The van der Waals surface area contributed by atoms with Crippen LogP contribution in [0.25, 0.3) is 0 Å². The third-order valence-corrected chi connectivity index (χ3v) is 17.9. The van der Waals surface area contributed by atoms with Crippen LogP contribution in [0, 0.1) is 11.8 Å². The number of carbonyl (C=O) groups excluding carboxylic acids is 4. The zero-order valence-electron chi connectivity index (χ0n) is 57.0. The number of unbranched alkanes of at least 4 members (excludes halogenated alkanes) is 38. The highest BCUT2D eigenvalue weighted by Crippen LogP contribution is 2.45. The molecule has 0 bridgehead atoms. The van der Waals surface area contributed by atoms with Crippen molar-refractivity contribution in [3.63, 3.8) is 0 Å². The zero-order valence-corrected chi connectivity index (χ0v) is 58.8. The maximum atomic E-state index is 13.0. The number of phosphoric acid groups is 2. The van der Waals surface area contributed by atoms with Crippen LogP contribution in [0.5, 0.6) is 0 Å². The fourth-order valence-electron chi connectivity index (χ4n) is 10.4. The van der Waals surface area contributed by atoms with Gasteiger partial charge in [-0.1, -0.05) is 298 Å². The summed E-state index contributed by atoms with van der Waals surface area (Å²) in [6.07, 6.45) is 46.3. The Kier molecular flexibility index (Phi) is 59.9. The summed E-state index contributed by atoms with van der Waals surface area (Å²) in [5.74, 6) is -0.592. The van der Waals surface area contributed by atoms with Crippen molar-refractivity contribution in [2.24, 2.45) is 11.8 Å². The molecule has 0 aliphatic heterocycles. The third kappa shape index (κ3) is 62.8. The van der Waals surface area contributed by atoms with Gasteiger partial charge in [0.15, 0.2) is 12.2 Å². The van der Waals surface area contributed by atoms with E-state index in [2.05, 4.69) is 41.5 Å². The monoisotopic (exact) mass is 1300 g/mol. The number of aliphatic hydroxyl groups is 1. The van der Waals surface area contributed by atoms with Crippen LogP contribution in [0.2, 0.25) is 0 Å². The van der Waals surface area contributed by atoms with E-state index in [0.29, 0.717) is 25.7 Å². The first kappa shape index (κ1) is 86.1. The van der Waals surface area contributed by atoms with E-state index in [0.717, 1.165) is 108 Å². The van der Waals surface area contributed by atoms with Crippen molar-refractivity contribution in [1.29, 1.82) is 0 Å². The molecule has 2 unspecified atom stereocenters. The average molecular weight is 1300 g/mol. The number of hydrogen-bond donors (Lipinski definition) is 3. The molecular weight excluding hydrogens is 1160 g/mol. The van der Waals surface area contributed by atoms with Crippen LogP contribution in [-0.4, -0.2) is 96.7 Å². The molecule has 17 nitrogen and oxygen atoms in total. The van der Waals surface area contributed by atoms with Crippen LogP contribution in [-0.2, 0) is 65.4 Å². The number of phosphoric ester groups is 2. The van der Waals surface area contributed by atoms with Crippen LogP contribution in [0.3, 0.4) is 0 Å². The Labute approximate surface area is 537 Å². The Bertz CT molecular complexity index is 1720. The summed E-state index contributed by atoms with van der Waals surface area (Å²) in [6.45, 7) is 9.45. The number of hydrogen-bond acceptors (Lipinski definition) is 15. The standard InChI is InChI=1S/C69H134O17P2/c1-7-9-11-13-14-15-24-28-35-41-47-53-68(73)85-64(57-79-66(71)51-45-37-12-10-8-2)59-83-87(75,76)81-55-63(70)56-82-88(77,78)84-60-65(58-80-67(72)52-46-40-34-31-30-33-39-44-50-62(5)6)86-69(74)54-48-42-36-29-26-23-21-19-17-16-18-20-22-25-27-32-38-43-49-61(3)4/h61-65,70H,7-60H2,1-6H3,(H,75,76)(H,77,78)/t63-,64+,65+/m0/s1. The van der Waals surface area contributed by atoms with Crippen LogP contribution in [0.1, 0.15) is 350 Å². The quantitative estimate of drug-likeness (QED) is 0.0222. The molecule has 0 aliphatic carbocycles. The van der Waals surface area contributed by atoms with E-state index in [1.54, 1.807) is 0 Å². The number of esters is 4. The zero-order chi connectivity index (χ0) is 65.0. The topological polar surface area (TPSA) is 237 Å². The van der Waals surface area contributed by atoms with Crippen molar-refractivity contribution in [2.75, 3.05) is 39.6 Å². The molecule has 522 valence electrons. The Morgan fingerprint density at radius 3 is 0.773 bits per heavy atom. The molecule has 3 N–H and O–H groups in total. The van der Waals surface area contributed by atoms with Crippen LogP contribution >= 0.6 is 15.6 Å². The molecule has 5 atom stereocenters. The van der Waals surface area contributed by atoms with Gasteiger partial charge in [-0.15, -0.1) is 0 Å². The molecule has 88 heavy (non-hydrogen) atoms. The van der Waals surface area contributed by atoms with Gasteiger partial charge in [0.2, 0.25) is 0 Å². The van der Waals surface area contributed by atoms with E-state index in [1.165, 1.54) is 161 Å². The molecule has 0 heterocycles. The van der Waals surface area contributed by atoms with Gasteiger partial charge < -0.3 is 33.8 Å². The van der Waals surface area contributed by atoms with E-state index in [4.69, 9.17) is 37.0 Å². The largest absolute Gasteiger partial charge is 0.472 e. The van der Waals surface area contributed by atoms with E-state index >= 15 is 0 Å². The van der Waals surface area contributed by atoms with Gasteiger partial charge in [-0.25, -0.2) is 9.13 Å². The summed E-state index contributed by atoms with van der Waals surface area (Å²) in [4.78, 5) is 72.1. The van der Waals surface area contributed by atoms with Gasteiger partial charge in [-0.2, -0.15) is 0 Å². The minimum Gasteiger partial charge on any atom is -0.462 e. The van der Waals surface area contributed by atoms with Gasteiger partial charge in [-0.05, 0) is 37.5 Å². The normalized spacial score (nSPS) is 14.2. The molecule has 0 saturated heterocycles. The van der Waals surface area contributed by atoms with Gasteiger partial charge >= 0.3 is 39.5 Å². The number of aliphatic hydroxyl groups excluding tert-OH is 1. The van der Waals surface area contributed by atoms with Crippen molar-refractivity contribution in [2.45, 2.75) is 368 Å². The number of rotatable bonds is 68. The highest BCUT2D eigenvalue weighted by atomic mass is 31.2. The summed E-state index contributed by atoms with van der Waals surface area (Å²) in [6, 6.07) is 0. The van der Waals surface area contributed by atoms with E-state index < -0.39 is 97.5 Å². The second-order valence-corrected chi connectivity index (χ2v) is 28.8. The molecule has 0 aromatic rings. The first-order valence-electron chi connectivity index (χ1n) is 36.0. The summed E-state index contributed by atoms with van der Waals surface area (Å²) in [7, 11) is -9.89. The predicted octanol–water partition coefficient (Wildman–Crippen LogP) is 19.6. The Morgan fingerprint density at radius 2 is 0.523 bits per heavy atom. The molecule has 0 rings (SSSR count). The lowest BCUT2D eigenvalue weighted by molar-refractivity contribution is -0.161. The fourth-order valence-corrected chi connectivity index (χ4v) is 12.0. The Balaban J connectivity index is 5.09.